The third kappa shape index (κ3) is 1.99. The van der Waals surface area contributed by atoms with Gasteiger partial charge in [0.2, 0.25) is 5.91 Å². The molecule has 1 atom stereocenters. The van der Waals surface area contributed by atoms with Crippen LogP contribution < -0.4 is 5.32 Å². The lowest BCUT2D eigenvalue weighted by Crippen LogP contribution is -2.28. The van der Waals surface area contributed by atoms with Gasteiger partial charge in [-0.25, -0.2) is 0 Å². The lowest BCUT2D eigenvalue weighted by molar-refractivity contribution is -0.120. The molecule has 0 unspecified atom stereocenters. The fourth-order valence-electron chi connectivity index (χ4n) is 0.955. The number of nitrogens with one attached hydrogen (secondary N) is 1. The van der Waals surface area contributed by atoms with Crippen LogP contribution in [0.25, 0.3) is 0 Å². The second-order valence-corrected chi connectivity index (χ2v) is 2.46. The van der Waals surface area contributed by atoms with Gasteiger partial charge in [0.25, 0.3) is 0 Å². The molecule has 58 valence electrons. The van der Waals surface area contributed by atoms with Crippen LogP contribution in [0.3, 0.4) is 0 Å². The number of hydrogen-bond donors (Lipinski definition) is 1. The minimum Gasteiger partial charge on any atom is -0.376 e. The Balaban J connectivity index is 2.33. The molecule has 0 spiro atoms. The molecule has 0 radical (unpaired) electrons. The van der Waals surface area contributed by atoms with E-state index < -0.39 is 0 Å². The topological polar surface area (TPSA) is 38.3 Å². The second kappa shape index (κ2) is 3.56. The minimum absolute atomic E-state index is 0.107. The summed E-state index contributed by atoms with van der Waals surface area (Å²) in [6, 6.07) is 0. The molecule has 1 aliphatic rings. The highest BCUT2D eigenvalue weighted by molar-refractivity contribution is 5.76. The quantitative estimate of drug-likeness (QED) is 0.573. The van der Waals surface area contributed by atoms with Gasteiger partial charge in [0.15, 0.2) is 0 Å². The summed E-state index contributed by atoms with van der Waals surface area (Å²) in [5, 5.41) is 2.78. The highest BCUT2D eigenvalue weighted by Crippen LogP contribution is 2.01. The summed E-state index contributed by atoms with van der Waals surface area (Å²) in [6.07, 6.45) is 1.71. The van der Waals surface area contributed by atoms with Crippen LogP contribution in [-0.4, -0.2) is 25.2 Å². The monoisotopic (exact) mass is 143 g/mol. The van der Waals surface area contributed by atoms with Crippen molar-refractivity contribution in [2.45, 2.75) is 25.9 Å². The normalized spacial score (nSPS) is 27.3. The molecule has 1 amide bonds. The molecule has 1 N–H and O–H groups in total. The van der Waals surface area contributed by atoms with Gasteiger partial charge in [0.1, 0.15) is 0 Å². The zero-order chi connectivity index (χ0) is 7.40. The lowest BCUT2D eigenvalue weighted by atomic mass is 10.3. The Bertz CT molecular complexity index is 125. The van der Waals surface area contributed by atoms with Crippen molar-refractivity contribution in [3.63, 3.8) is 0 Å². The molecule has 0 saturated carbocycles. The van der Waals surface area contributed by atoms with Gasteiger partial charge in [0.05, 0.1) is 12.7 Å². The first kappa shape index (κ1) is 7.54. The van der Waals surface area contributed by atoms with Crippen LogP contribution >= 0.6 is 0 Å². The predicted molar refractivity (Wildman–Crippen MR) is 37.7 cm³/mol. The maximum Gasteiger partial charge on any atom is 0.222 e. The first-order valence-electron chi connectivity index (χ1n) is 3.71. The molecule has 0 bridgehead atoms. The fraction of sp³-hybridized carbons (Fsp3) is 0.857. The molecular formula is C7H13NO2. The summed E-state index contributed by atoms with van der Waals surface area (Å²) in [6.45, 7) is 3.31. The fourth-order valence-corrected chi connectivity index (χ4v) is 0.955. The van der Waals surface area contributed by atoms with Gasteiger partial charge < -0.3 is 10.1 Å². The van der Waals surface area contributed by atoms with E-state index in [1.54, 1.807) is 0 Å². The van der Waals surface area contributed by atoms with Crippen LogP contribution in [0.5, 0.6) is 0 Å². The summed E-state index contributed by atoms with van der Waals surface area (Å²) < 4.78 is 5.34. The Kier molecular flexibility index (Phi) is 2.68. The largest absolute Gasteiger partial charge is 0.376 e. The van der Waals surface area contributed by atoms with Crippen molar-refractivity contribution in [2.24, 2.45) is 0 Å². The Morgan fingerprint density at radius 1 is 1.80 bits per heavy atom. The van der Waals surface area contributed by atoms with E-state index in [-0.39, 0.29) is 12.0 Å². The molecule has 1 saturated heterocycles. The van der Waals surface area contributed by atoms with Gasteiger partial charge in [-0.05, 0) is 6.42 Å². The van der Waals surface area contributed by atoms with Crippen LogP contribution in [0.2, 0.25) is 0 Å². The van der Waals surface area contributed by atoms with Crippen molar-refractivity contribution in [1.82, 2.24) is 5.32 Å². The number of amides is 1. The van der Waals surface area contributed by atoms with E-state index in [2.05, 4.69) is 12.2 Å². The number of ether oxygens (including phenoxy) is 1. The molecule has 3 heteroatoms. The minimum atomic E-state index is 0.107. The highest BCUT2D eigenvalue weighted by Gasteiger charge is 2.13. The van der Waals surface area contributed by atoms with Crippen LogP contribution in [0.1, 0.15) is 19.8 Å². The Labute approximate surface area is 60.7 Å². The molecule has 0 aromatic carbocycles. The van der Waals surface area contributed by atoms with E-state index in [9.17, 15) is 4.79 Å². The molecule has 0 aliphatic carbocycles. The third-order valence-corrected chi connectivity index (χ3v) is 1.66. The van der Waals surface area contributed by atoms with Crippen molar-refractivity contribution in [2.75, 3.05) is 13.2 Å². The molecule has 10 heavy (non-hydrogen) atoms. The highest BCUT2D eigenvalue weighted by atomic mass is 16.5. The van der Waals surface area contributed by atoms with Crippen molar-refractivity contribution >= 4 is 5.91 Å². The van der Waals surface area contributed by atoms with Crippen molar-refractivity contribution < 1.29 is 9.53 Å². The summed E-state index contributed by atoms with van der Waals surface area (Å²) in [5.41, 5.74) is 0. The lowest BCUT2D eigenvalue weighted by Gasteiger charge is -2.10. The average molecular weight is 143 g/mol. The molecular weight excluding hydrogens is 130 g/mol. The first-order chi connectivity index (χ1) is 4.83. The van der Waals surface area contributed by atoms with Crippen molar-refractivity contribution in [3.05, 3.63) is 0 Å². The van der Waals surface area contributed by atoms with Gasteiger partial charge in [-0.15, -0.1) is 0 Å². The van der Waals surface area contributed by atoms with E-state index >= 15 is 0 Å². The smallest absolute Gasteiger partial charge is 0.222 e. The maximum atomic E-state index is 10.8. The van der Waals surface area contributed by atoms with E-state index in [1.165, 1.54) is 0 Å². The van der Waals surface area contributed by atoms with Gasteiger partial charge in [0, 0.05) is 13.0 Å². The van der Waals surface area contributed by atoms with Crippen LogP contribution in [0, 0.1) is 0 Å². The van der Waals surface area contributed by atoms with Gasteiger partial charge in [-0.3, -0.25) is 4.79 Å². The number of carbonyl (C=O) groups is 1. The molecule has 0 aromatic rings. The van der Waals surface area contributed by atoms with E-state index in [0.29, 0.717) is 19.6 Å². The van der Waals surface area contributed by atoms with Crippen LogP contribution in [0.15, 0.2) is 0 Å². The molecule has 1 heterocycles. The van der Waals surface area contributed by atoms with Crippen molar-refractivity contribution in [3.8, 4) is 0 Å². The Hall–Kier alpha value is -0.570. The standard InChI is InChI=1S/C7H13NO2/c1-2-6-5-8-7(9)3-4-10-6/h6H,2-5H2,1H3,(H,8,9)/t6-/m1/s1. The number of hydrogen-bond acceptors (Lipinski definition) is 2. The zero-order valence-electron chi connectivity index (χ0n) is 6.22. The molecule has 1 aliphatic heterocycles. The summed E-state index contributed by atoms with van der Waals surface area (Å²) >= 11 is 0. The maximum absolute atomic E-state index is 10.8. The van der Waals surface area contributed by atoms with Crippen molar-refractivity contribution in [1.29, 1.82) is 0 Å². The summed E-state index contributed by atoms with van der Waals surface area (Å²) in [4.78, 5) is 10.8. The third-order valence-electron chi connectivity index (χ3n) is 1.66. The second-order valence-electron chi connectivity index (χ2n) is 2.46. The van der Waals surface area contributed by atoms with E-state index in [1.807, 2.05) is 0 Å². The molecule has 0 aromatic heterocycles. The number of carbonyl (C=O) groups excluding carboxylic acids is 1. The van der Waals surface area contributed by atoms with Gasteiger partial charge in [-0.1, -0.05) is 6.92 Å². The van der Waals surface area contributed by atoms with Gasteiger partial charge >= 0.3 is 0 Å². The molecule has 1 fully saturated rings. The predicted octanol–water partition coefficient (Wildman–Crippen LogP) is 0.301. The Morgan fingerprint density at radius 2 is 2.60 bits per heavy atom. The zero-order valence-corrected chi connectivity index (χ0v) is 6.22. The van der Waals surface area contributed by atoms with Gasteiger partial charge in [-0.2, -0.15) is 0 Å². The first-order valence-corrected chi connectivity index (χ1v) is 3.71. The SMILES string of the molecule is CC[C@@H]1CNC(=O)CCO1. The van der Waals surface area contributed by atoms with Crippen LogP contribution in [-0.2, 0) is 9.53 Å². The summed E-state index contributed by atoms with van der Waals surface area (Å²) in [5.74, 6) is 0.107. The number of rotatable bonds is 1. The summed E-state index contributed by atoms with van der Waals surface area (Å²) in [7, 11) is 0. The van der Waals surface area contributed by atoms with E-state index in [4.69, 9.17) is 4.74 Å². The Morgan fingerprint density at radius 3 is 3.30 bits per heavy atom. The molecule has 1 rings (SSSR count). The average Bonchev–Trinajstić information content (AvgIpc) is 2.14. The molecule has 3 nitrogen and oxygen atoms in total. The van der Waals surface area contributed by atoms with Crippen LogP contribution in [0.4, 0.5) is 0 Å². The van der Waals surface area contributed by atoms with E-state index in [0.717, 1.165) is 6.42 Å².